The van der Waals surface area contributed by atoms with Crippen LogP contribution in [-0.2, 0) is 6.54 Å². The Bertz CT molecular complexity index is 626. The highest BCUT2D eigenvalue weighted by Gasteiger charge is 2.09. The zero-order valence-corrected chi connectivity index (χ0v) is 16.0. The van der Waals surface area contributed by atoms with E-state index >= 15 is 0 Å². The summed E-state index contributed by atoms with van der Waals surface area (Å²) < 4.78 is 21.1. The molecule has 0 saturated heterocycles. The molecule has 0 aliphatic heterocycles. The van der Waals surface area contributed by atoms with E-state index in [0.29, 0.717) is 17.6 Å². The molecule has 0 amide bonds. The van der Waals surface area contributed by atoms with Crippen LogP contribution < -0.4 is 10.1 Å². The minimum atomic E-state index is -0.265. The number of hydrogen-bond acceptors (Lipinski definition) is 2. The van der Waals surface area contributed by atoms with E-state index in [9.17, 15) is 4.39 Å². The van der Waals surface area contributed by atoms with Gasteiger partial charge in [-0.05, 0) is 90.6 Å². The van der Waals surface area contributed by atoms with E-state index < -0.39 is 0 Å². The van der Waals surface area contributed by atoms with Crippen molar-refractivity contribution in [1.29, 1.82) is 0 Å². The first-order valence-corrected chi connectivity index (χ1v) is 8.68. The molecule has 112 valence electrons. The summed E-state index contributed by atoms with van der Waals surface area (Å²) in [4.78, 5) is 0. The molecule has 0 aliphatic rings. The van der Waals surface area contributed by atoms with Crippen molar-refractivity contribution < 1.29 is 9.13 Å². The Morgan fingerprint density at radius 1 is 1.05 bits per heavy atom. The second-order valence-electron chi connectivity index (χ2n) is 4.30. The molecule has 6 heteroatoms. The fourth-order valence-electron chi connectivity index (χ4n) is 1.83. The van der Waals surface area contributed by atoms with Crippen LogP contribution in [0.15, 0.2) is 43.7 Å². The Labute approximate surface area is 148 Å². The molecule has 0 saturated carbocycles. The Kier molecular flexibility index (Phi) is 6.08. The lowest BCUT2D eigenvalue weighted by atomic mass is 10.2. The molecule has 0 spiro atoms. The van der Waals surface area contributed by atoms with Crippen LogP contribution in [0.3, 0.4) is 0 Å². The zero-order valence-electron chi connectivity index (χ0n) is 11.2. The van der Waals surface area contributed by atoms with E-state index in [1.54, 1.807) is 6.07 Å². The van der Waals surface area contributed by atoms with Gasteiger partial charge in [0.2, 0.25) is 0 Å². The molecule has 2 rings (SSSR count). The minimum Gasteiger partial charge on any atom is -0.492 e. The first-order valence-electron chi connectivity index (χ1n) is 6.31. The molecule has 2 aromatic rings. The fraction of sp³-hybridized carbons (Fsp3) is 0.200. The van der Waals surface area contributed by atoms with Crippen LogP contribution in [0.4, 0.5) is 10.1 Å². The molecular weight excluding hydrogens is 469 g/mol. The van der Waals surface area contributed by atoms with Gasteiger partial charge in [-0.3, -0.25) is 0 Å². The highest BCUT2D eigenvalue weighted by atomic mass is 79.9. The zero-order chi connectivity index (χ0) is 15.4. The van der Waals surface area contributed by atoms with E-state index in [4.69, 9.17) is 4.74 Å². The third-order valence-corrected chi connectivity index (χ3v) is 4.60. The summed E-state index contributed by atoms with van der Waals surface area (Å²) in [7, 11) is 0. The molecule has 0 bridgehead atoms. The molecule has 0 aromatic heterocycles. The van der Waals surface area contributed by atoms with Crippen molar-refractivity contribution in [2.24, 2.45) is 0 Å². The van der Waals surface area contributed by atoms with Crippen LogP contribution >= 0.6 is 47.8 Å². The molecule has 21 heavy (non-hydrogen) atoms. The van der Waals surface area contributed by atoms with E-state index in [1.807, 2.05) is 19.1 Å². The van der Waals surface area contributed by atoms with Crippen LogP contribution in [0.5, 0.6) is 5.75 Å². The summed E-state index contributed by atoms with van der Waals surface area (Å²) in [6, 6.07) is 8.57. The Morgan fingerprint density at radius 2 is 1.71 bits per heavy atom. The number of benzene rings is 2. The number of anilines is 1. The predicted molar refractivity (Wildman–Crippen MR) is 94.4 cm³/mol. The Morgan fingerprint density at radius 3 is 2.29 bits per heavy atom. The van der Waals surface area contributed by atoms with Crippen molar-refractivity contribution in [3.05, 3.63) is 55.1 Å². The predicted octanol–water partition coefficient (Wildman–Crippen LogP) is 6.12. The van der Waals surface area contributed by atoms with Gasteiger partial charge in [-0.25, -0.2) is 4.39 Å². The van der Waals surface area contributed by atoms with E-state index in [1.165, 1.54) is 12.1 Å². The SMILES string of the molecule is CCOc1c(Br)cc(CNc2ccc(F)cc2Br)cc1Br. The minimum absolute atomic E-state index is 0.265. The normalized spacial score (nSPS) is 10.5. The molecule has 0 fully saturated rings. The van der Waals surface area contributed by atoms with Gasteiger partial charge in [-0.15, -0.1) is 0 Å². The third-order valence-electron chi connectivity index (χ3n) is 2.76. The summed E-state index contributed by atoms with van der Waals surface area (Å²) in [5.74, 6) is 0.531. The summed E-state index contributed by atoms with van der Waals surface area (Å²) in [5.41, 5.74) is 1.92. The van der Waals surface area contributed by atoms with Gasteiger partial charge in [0.05, 0.1) is 15.6 Å². The molecular formula is C15H13Br3FNO. The molecule has 0 heterocycles. The quantitative estimate of drug-likeness (QED) is 0.555. The van der Waals surface area contributed by atoms with Gasteiger partial charge >= 0.3 is 0 Å². The summed E-state index contributed by atoms with van der Waals surface area (Å²) in [6.45, 7) is 3.17. The van der Waals surface area contributed by atoms with E-state index in [-0.39, 0.29) is 5.82 Å². The number of hydrogen-bond donors (Lipinski definition) is 1. The first kappa shape index (κ1) is 16.8. The number of rotatable bonds is 5. The van der Waals surface area contributed by atoms with Gasteiger partial charge in [0.25, 0.3) is 0 Å². The van der Waals surface area contributed by atoms with Gasteiger partial charge in [0, 0.05) is 16.7 Å². The van der Waals surface area contributed by atoms with Crippen molar-refractivity contribution in [3.8, 4) is 5.75 Å². The molecule has 2 nitrogen and oxygen atoms in total. The van der Waals surface area contributed by atoms with Gasteiger partial charge in [0.1, 0.15) is 11.6 Å². The van der Waals surface area contributed by atoms with Gasteiger partial charge < -0.3 is 10.1 Å². The Hall–Kier alpha value is -0.590. The standard InChI is InChI=1S/C15H13Br3FNO/c1-2-21-15-12(17)5-9(6-13(15)18)8-20-14-4-3-10(19)7-11(14)16/h3-7,20H,2,8H2,1H3. The highest BCUT2D eigenvalue weighted by Crippen LogP contribution is 2.35. The second-order valence-corrected chi connectivity index (χ2v) is 6.86. The fourth-order valence-corrected chi connectivity index (χ4v) is 3.83. The average Bonchev–Trinajstić information content (AvgIpc) is 2.42. The van der Waals surface area contributed by atoms with Gasteiger partial charge in [0.15, 0.2) is 0 Å². The topological polar surface area (TPSA) is 21.3 Å². The van der Waals surface area contributed by atoms with Crippen LogP contribution in [0, 0.1) is 5.82 Å². The maximum Gasteiger partial charge on any atom is 0.147 e. The van der Waals surface area contributed by atoms with Crippen LogP contribution in [0.2, 0.25) is 0 Å². The summed E-state index contributed by atoms with van der Waals surface area (Å²) in [5, 5.41) is 3.27. The maximum absolute atomic E-state index is 13.0. The number of halogens is 4. The van der Waals surface area contributed by atoms with E-state index in [2.05, 4.69) is 53.1 Å². The third kappa shape index (κ3) is 4.44. The van der Waals surface area contributed by atoms with Crippen molar-refractivity contribution in [3.63, 3.8) is 0 Å². The monoisotopic (exact) mass is 479 g/mol. The van der Waals surface area contributed by atoms with Crippen LogP contribution in [0.25, 0.3) is 0 Å². The van der Waals surface area contributed by atoms with Crippen molar-refractivity contribution in [1.82, 2.24) is 0 Å². The lowest BCUT2D eigenvalue weighted by Crippen LogP contribution is -2.02. The van der Waals surface area contributed by atoms with Crippen molar-refractivity contribution >= 4 is 53.5 Å². The van der Waals surface area contributed by atoms with E-state index in [0.717, 1.165) is 25.9 Å². The lowest BCUT2D eigenvalue weighted by Gasteiger charge is -2.13. The maximum atomic E-state index is 13.0. The first-order chi connectivity index (χ1) is 10.0. The van der Waals surface area contributed by atoms with Crippen molar-refractivity contribution in [2.75, 3.05) is 11.9 Å². The summed E-state index contributed by atoms with van der Waals surface area (Å²) >= 11 is 10.4. The largest absolute Gasteiger partial charge is 0.492 e. The molecule has 0 unspecified atom stereocenters. The molecule has 2 aromatic carbocycles. The van der Waals surface area contributed by atoms with Crippen molar-refractivity contribution in [2.45, 2.75) is 13.5 Å². The molecule has 1 N–H and O–H groups in total. The average molecular weight is 482 g/mol. The van der Waals surface area contributed by atoms with Gasteiger partial charge in [-0.2, -0.15) is 0 Å². The van der Waals surface area contributed by atoms with Crippen LogP contribution in [0.1, 0.15) is 12.5 Å². The number of nitrogens with one attached hydrogen (secondary N) is 1. The molecule has 0 aliphatic carbocycles. The highest BCUT2D eigenvalue weighted by molar-refractivity contribution is 9.11. The summed E-state index contributed by atoms with van der Waals surface area (Å²) in [6.07, 6.45) is 0. The smallest absolute Gasteiger partial charge is 0.147 e. The second kappa shape index (κ2) is 7.61. The molecule has 0 radical (unpaired) electrons. The van der Waals surface area contributed by atoms with Gasteiger partial charge in [-0.1, -0.05) is 0 Å². The number of ether oxygens (including phenoxy) is 1. The van der Waals surface area contributed by atoms with Crippen LogP contribution in [-0.4, -0.2) is 6.61 Å². The lowest BCUT2D eigenvalue weighted by molar-refractivity contribution is 0.336. The Balaban J connectivity index is 2.13. The molecule has 0 atom stereocenters.